The van der Waals surface area contributed by atoms with Gasteiger partial charge in [0.05, 0.1) is 0 Å². The van der Waals surface area contributed by atoms with Gasteiger partial charge in [-0.15, -0.1) is 0 Å². The first-order valence-electron chi connectivity index (χ1n) is 1.34. The molecule has 0 aliphatic carbocycles. The Hall–Kier alpha value is 0.0600. The minimum atomic E-state index is -4.95. The summed E-state index contributed by atoms with van der Waals surface area (Å²) >= 11 is 0. The highest BCUT2D eigenvalue weighted by atomic mass is 32.8. The Morgan fingerprint density at radius 2 is 1.62 bits per heavy atom. The van der Waals surface area contributed by atoms with Crippen LogP contribution in [0.4, 0.5) is 0 Å². The van der Waals surface area contributed by atoms with E-state index in [1.807, 2.05) is 0 Å². The van der Waals surface area contributed by atoms with Crippen LogP contribution in [-0.2, 0) is 14.3 Å². The third-order valence-corrected chi connectivity index (χ3v) is 2.98. The summed E-state index contributed by atoms with van der Waals surface area (Å²) in [7, 11) is -4.95. The van der Waals surface area contributed by atoms with Gasteiger partial charge >= 0.3 is 16.5 Å². The van der Waals surface area contributed by atoms with Crippen LogP contribution in [-0.4, -0.2) is 17.9 Å². The van der Waals surface area contributed by atoms with Gasteiger partial charge in [-0.25, -0.2) is 5.50 Å². The summed E-state index contributed by atoms with van der Waals surface area (Å²) < 4.78 is 36.6. The van der Waals surface area contributed by atoms with Gasteiger partial charge in [-0.1, -0.05) is 0 Å². The number of nitrogens with two attached hydrogens (primary N) is 1. The second-order valence-electron chi connectivity index (χ2n) is 1.01. The summed E-state index contributed by atoms with van der Waals surface area (Å²) in [5.74, 6) is 0. The van der Waals surface area contributed by atoms with Crippen molar-refractivity contribution in [1.29, 1.82) is 0 Å². The Kier molecular flexibility index (Phi) is 1.80. The maximum absolute atomic E-state index is 9.73. The number of hydrogen-bond acceptors (Lipinski definition) is 3. The van der Waals surface area contributed by atoms with Gasteiger partial charge in [-0.05, 0) is 0 Å². The highest BCUT2D eigenvalue weighted by molar-refractivity contribution is 8.47. The highest BCUT2D eigenvalue weighted by Crippen LogP contribution is 2.36. The van der Waals surface area contributed by atoms with Crippen molar-refractivity contribution < 1.29 is 22.4 Å². The van der Waals surface area contributed by atoms with Crippen LogP contribution in [0.25, 0.3) is 0 Å². The van der Waals surface area contributed by atoms with E-state index in [-0.39, 0.29) is 0 Å². The van der Waals surface area contributed by atoms with Crippen LogP contribution in [0.15, 0.2) is 0 Å². The van der Waals surface area contributed by atoms with Crippen LogP contribution < -0.4 is 5.50 Å². The molecule has 0 aliphatic rings. The molecule has 50 valence electrons. The van der Waals surface area contributed by atoms with Crippen LogP contribution in [0.1, 0.15) is 0 Å². The van der Waals surface area contributed by atoms with Crippen molar-refractivity contribution in [1.82, 2.24) is 0 Å². The van der Waals surface area contributed by atoms with Crippen molar-refractivity contribution in [3.63, 3.8) is 0 Å². The molecule has 6 nitrogen and oxygen atoms in total. The Labute approximate surface area is 45.3 Å². The predicted octanol–water partition coefficient (Wildman–Crippen LogP) is -1.07. The molecule has 1 atom stereocenters. The van der Waals surface area contributed by atoms with E-state index in [0.29, 0.717) is 0 Å². The molecule has 0 saturated carbocycles. The van der Waals surface area contributed by atoms with Crippen molar-refractivity contribution in [3.05, 3.63) is 0 Å². The molecular weight excluding hydrogens is 157 g/mol. The Morgan fingerprint density at radius 3 is 1.62 bits per heavy atom. The van der Waals surface area contributed by atoms with E-state index in [1.165, 1.54) is 0 Å². The van der Waals surface area contributed by atoms with Gasteiger partial charge in [0.2, 0.25) is 0 Å². The largest absolute Gasteiger partial charge is 0.404 e. The maximum Gasteiger partial charge on any atom is 0.404 e. The van der Waals surface area contributed by atoms with E-state index < -0.39 is 16.5 Å². The molecule has 0 aromatic rings. The molecule has 0 amide bonds. The first-order chi connectivity index (χ1) is 3.25. The third-order valence-electron chi connectivity index (χ3n) is 0.331. The lowest BCUT2D eigenvalue weighted by Crippen LogP contribution is -2.05. The molecule has 1 unspecified atom stereocenters. The van der Waals surface area contributed by atoms with Crippen molar-refractivity contribution >= 4 is 16.5 Å². The van der Waals surface area contributed by atoms with Crippen molar-refractivity contribution in [2.24, 2.45) is 5.50 Å². The van der Waals surface area contributed by atoms with Crippen LogP contribution in [0.3, 0.4) is 0 Å². The molecular formula is H4NO5PS. The first kappa shape index (κ1) is 8.06. The fourth-order valence-corrected chi connectivity index (χ4v) is 0. The molecule has 0 aromatic carbocycles. The molecule has 0 saturated heterocycles. The average Bonchev–Trinajstić information content (AvgIpc) is 1.25. The van der Waals surface area contributed by atoms with Gasteiger partial charge in [0, 0.05) is 0 Å². The van der Waals surface area contributed by atoms with Gasteiger partial charge in [-0.2, -0.15) is 8.42 Å². The smallest absolute Gasteiger partial charge is 0.321 e. The van der Waals surface area contributed by atoms with E-state index in [4.69, 9.17) is 9.45 Å². The Balaban J connectivity index is 4.84. The standard InChI is InChI=1S/H4NO5PS/c1-7(2,3)8(4,5)6/h(H3,1,2,3)(H,4,5,6). The first-order valence-corrected chi connectivity index (χ1v) is 5.11. The molecule has 0 aromatic heterocycles. The molecule has 4 N–H and O–H groups in total. The summed E-state index contributed by atoms with van der Waals surface area (Å²) in [6, 6.07) is 0. The van der Waals surface area contributed by atoms with Gasteiger partial charge in [0.25, 0.3) is 0 Å². The lowest BCUT2D eigenvalue weighted by molar-refractivity contribution is 0.459. The molecule has 0 spiro atoms. The molecule has 0 bridgehead atoms. The van der Waals surface area contributed by atoms with Crippen molar-refractivity contribution in [3.8, 4) is 0 Å². The predicted molar refractivity (Wildman–Crippen MR) is 25.6 cm³/mol. The minimum Gasteiger partial charge on any atom is -0.321 e. The zero-order chi connectivity index (χ0) is 7.00. The van der Waals surface area contributed by atoms with E-state index in [1.54, 1.807) is 0 Å². The third kappa shape index (κ3) is 1.89. The fraction of sp³-hybridized carbons (Fsp3) is 0. The van der Waals surface area contributed by atoms with Gasteiger partial charge in [0.1, 0.15) is 0 Å². The average molecular weight is 161 g/mol. The van der Waals surface area contributed by atoms with Crippen molar-refractivity contribution in [2.45, 2.75) is 0 Å². The molecule has 0 aliphatic heterocycles. The summed E-state index contributed by atoms with van der Waals surface area (Å²) in [4.78, 5) is 7.85. The van der Waals surface area contributed by atoms with Crippen LogP contribution >= 0.6 is 6.72 Å². The van der Waals surface area contributed by atoms with Gasteiger partial charge in [-0.3, -0.25) is 9.12 Å². The zero-order valence-corrected chi connectivity index (χ0v) is 5.26. The second-order valence-corrected chi connectivity index (χ2v) is 5.99. The summed E-state index contributed by atoms with van der Waals surface area (Å²) in [6.07, 6.45) is 0. The summed E-state index contributed by atoms with van der Waals surface area (Å²) in [6.45, 7) is -4.82. The summed E-state index contributed by atoms with van der Waals surface area (Å²) in [5.41, 5.74) is 4.09. The van der Waals surface area contributed by atoms with Gasteiger partial charge < -0.3 is 4.89 Å². The fourth-order valence-electron chi connectivity index (χ4n) is 0. The molecule has 0 heterocycles. The summed E-state index contributed by atoms with van der Waals surface area (Å²) in [5, 5.41) is 0. The number of hydrogen-bond donors (Lipinski definition) is 3. The Bertz CT molecular complexity index is 207. The number of rotatable bonds is 1. The minimum absolute atomic E-state index is 4.09. The molecule has 0 rings (SSSR count). The second kappa shape index (κ2) is 1.78. The normalized spacial score (nSPS) is 19.9. The van der Waals surface area contributed by atoms with E-state index >= 15 is 0 Å². The lowest BCUT2D eigenvalue weighted by Gasteiger charge is -1.95. The van der Waals surface area contributed by atoms with Crippen LogP contribution in [0.2, 0.25) is 0 Å². The topological polar surface area (TPSA) is 118 Å². The lowest BCUT2D eigenvalue weighted by atomic mass is 13.9. The molecule has 0 radical (unpaired) electrons. The molecule has 8 heavy (non-hydrogen) atoms. The van der Waals surface area contributed by atoms with E-state index in [0.717, 1.165) is 0 Å². The zero-order valence-electron chi connectivity index (χ0n) is 3.55. The molecule has 8 heteroatoms. The van der Waals surface area contributed by atoms with Crippen LogP contribution in [0.5, 0.6) is 0 Å². The van der Waals surface area contributed by atoms with Crippen LogP contribution in [0, 0.1) is 0 Å². The monoisotopic (exact) mass is 161 g/mol. The van der Waals surface area contributed by atoms with E-state index in [9.17, 15) is 13.0 Å². The molecule has 0 fully saturated rings. The Morgan fingerprint density at radius 1 is 1.50 bits per heavy atom. The SMILES string of the molecule is NP(=O)(O)S(=O)(=O)O. The van der Waals surface area contributed by atoms with Crippen molar-refractivity contribution in [2.75, 3.05) is 0 Å². The highest BCUT2D eigenvalue weighted by Gasteiger charge is 2.28. The van der Waals surface area contributed by atoms with Gasteiger partial charge in [0.15, 0.2) is 0 Å². The quantitative estimate of drug-likeness (QED) is 0.333. The van der Waals surface area contributed by atoms with E-state index in [2.05, 4.69) is 5.50 Å². The maximum atomic E-state index is 9.73.